The molecule has 1 aliphatic heterocycles. The number of ether oxygens (including phenoxy) is 2. The van der Waals surface area contributed by atoms with Crippen LogP contribution in [0.2, 0.25) is 0 Å². The Morgan fingerprint density at radius 1 is 1.07 bits per heavy atom. The van der Waals surface area contributed by atoms with Crippen LogP contribution in [0, 0.1) is 0 Å². The Hall–Kier alpha value is -2.34. The summed E-state index contributed by atoms with van der Waals surface area (Å²) in [6, 6.07) is 12.9. The van der Waals surface area contributed by atoms with Crippen LogP contribution >= 0.6 is 15.9 Å². The monoisotopic (exact) mass is 445 g/mol. The van der Waals surface area contributed by atoms with Crippen LogP contribution in [-0.2, 0) is 4.79 Å². The van der Waals surface area contributed by atoms with Crippen LogP contribution < -0.4 is 9.47 Å². The van der Waals surface area contributed by atoms with Gasteiger partial charge < -0.3 is 14.4 Å². The lowest BCUT2D eigenvalue weighted by Gasteiger charge is -2.26. The van der Waals surface area contributed by atoms with Crippen LogP contribution in [-0.4, -0.2) is 37.4 Å². The maximum absolute atomic E-state index is 12.8. The molecule has 0 spiro atoms. The van der Waals surface area contributed by atoms with Gasteiger partial charge in [0, 0.05) is 41.1 Å². The van der Waals surface area contributed by atoms with Crippen molar-refractivity contribution in [2.24, 2.45) is 0 Å². The fourth-order valence-electron chi connectivity index (χ4n) is 3.63. The van der Waals surface area contributed by atoms with Crippen molar-refractivity contribution in [3.8, 4) is 11.5 Å². The summed E-state index contributed by atoms with van der Waals surface area (Å²) in [4.78, 5) is 27.1. The summed E-state index contributed by atoms with van der Waals surface area (Å²) in [5.41, 5.74) is 1.61. The second-order valence-electron chi connectivity index (χ2n) is 6.78. The molecule has 2 aromatic carbocycles. The highest BCUT2D eigenvalue weighted by Gasteiger charge is 2.32. The second-order valence-corrected chi connectivity index (χ2v) is 7.70. The lowest BCUT2D eigenvalue weighted by molar-refractivity contribution is -0.132. The number of nitrogens with zero attached hydrogens (tertiary/aromatic N) is 1. The minimum atomic E-state index is -0.0314. The zero-order valence-corrected chi connectivity index (χ0v) is 17.7. The molecule has 0 aromatic heterocycles. The number of halogens is 1. The molecule has 0 saturated carbocycles. The summed E-state index contributed by atoms with van der Waals surface area (Å²) < 4.78 is 11.7. The van der Waals surface area contributed by atoms with Crippen LogP contribution in [0.15, 0.2) is 46.9 Å². The first-order valence-corrected chi connectivity index (χ1v) is 10.1. The van der Waals surface area contributed by atoms with Crippen LogP contribution in [0.1, 0.15) is 47.6 Å². The molecule has 1 aliphatic rings. The van der Waals surface area contributed by atoms with Gasteiger partial charge in [-0.1, -0.05) is 28.1 Å². The van der Waals surface area contributed by atoms with Crippen LogP contribution in [0.25, 0.3) is 0 Å². The number of carbonyl (C=O) groups is 2. The molecule has 0 bridgehead atoms. The van der Waals surface area contributed by atoms with Crippen molar-refractivity contribution in [2.45, 2.75) is 31.7 Å². The number of rotatable bonds is 7. The summed E-state index contributed by atoms with van der Waals surface area (Å²) in [7, 11) is 3.23. The predicted molar refractivity (Wildman–Crippen MR) is 111 cm³/mol. The summed E-state index contributed by atoms with van der Waals surface area (Å²) in [6.45, 7) is 0.700. The van der Waals surface area contributed by atoms with Gasteiger partial charge in [-0.3, -0.25) is 9.59 Å². The van der Waals surface area contributed by atoms with Crippen LogP contribution in [0.4, 0.5) is 0 Å². The lowest BCUT2D eigenvalue weighted by Crippen LogP contribution is -2.31. The predicted octanol–water partition coefficient (Wildman–Crippen LogP) is 4.79. The van der Waals surface area contributed by atoms with Gasteiger partial charge in [-0.05, 0) is 37.1 Å². The number of benzene rings is 2. The number of hydrogen-bond donors (Lipinski definition) is 0. The van der Waals surface area contributed by atoms with Gasteiger partial charge >= 0.3 is 0 Å². The molecular weight excluding hydrogens is 422 g/mol. The minimum absolute atomic E-state index is 0.00540. The summed E-state index contributed by atoms with van der Waals surface area (Å²) in [6.07, 6.45) is 2.24. The molecule has 1 saturated heterocycles. The van der Waals surface area contributed by atoms with E-state index in [2.05, 4.69) is 15.9 Å². The van der Waals surface area contributed by atoms with E-state index in [1.165, 1.54) is 0 Å². The van der Waals surface area contributed by atoms with Gasteiger partial charge in [0.15, 0.2) is 5.78 Å². The molecule has 1 amide bonds. The van der Waals surface area contributed by atoms with E-state index < -0.39 is 0 Å². The second kappa shape index (κ2) is 9.24. The number of ketones is 1. The summed E-state index contributed by atoms with van der Waals surface area (Å²) in [5, 5.41) is 0. The molecule has 3 rings (SSSR count). The van der Waals surface area contributed by atoms with Gasteiger partial charge in [-0.2, -0.15) is 0 Å². The van der Waals surface area contributed by atoms with E-state index in [-0.39, 0.29) is 30.6 Å². The fourth-order valence-corrected chi connectivity index (χ4v) is 3.89. The molecule has 5 nitrogen and oxygen atoms in total. The Labute approximate surface area is 173 Å². The molecule has 1 atom stereocenters. The highest BCUT2D eigenvalue weighted by Crippen LogP contribution is 2.39. The van der Waals surface area contributed by atoms with Crippen LogP contribution in [0.5, 0.6) is 11.5 Å². The topological polar surface area (TPSA) is 55.8 Å². The highest BCUT2D eigenvalue weighted by atomic mass is 79.9. The number of Topliss-reactive ketones (excluding diaryl/α,β-unsaturated/α-hetero) is 1. The standard InChI is InChI=1S/C22H24BrNO4/c1-27-17-9-10-18(21(14-17)28-2)19-4-3-13-24(19)22(26)12-11-20(25)15-5-7-16(23)8-6-15/h5-10,14,19H,3-4,11-13H2,1-2H3/t19-/m0/s1. The molecule has 148 valence electrons. The number of likely N-dealkylation sites (tertiary alicyclic amines) is 1. The average molecular weight is 446 g/mol. The number of carbonyl (C=O) groups excluding carboxylic acids is 2. The maximum Gasteiger partial charge on any atom is 0.223 e. The van der Waals surface area contributed by atoms with Gasteiger partial charge in [-0.25, -0.2) is 0 Å². The zero-order valence-electron chi connectivity index (χ0n) is 16.1. The van der Waals surface area contributed by atoms with Gasteiger partial charge in [0.25, 0.3) is 0 Å². The van der Waals surface area contributed by atoms with Gasteiger partial charge in [0.05, 0.1) is 20.3 Å². The molecule has 28 heavy (non-hydrogen) atoms. The van der Waals surface area contributed by atoms with Gasteiger partial charge in [0.1, 0.15) is 11.5 Å². The number of amides is 1. The minimum Gasteiger partial charge on any atom is -0.497 e. The molecule has 0 radical (unpaired) electrons. The van der Waals surface area contributed by atoms with E-state index >= 15 is 0 Å². The molecule has 2 aromatic rings. The number of methoxy groups -OCH3 is 2. The molecule has 6 heteroatoms. The van der Waals surface area contributed by atoms with E-state index in [0.717, 1.165) is 34.4 Å². The summed E-state index contributed by atoms with van der Waals surface area (Å²) >= 11 is 3.36. The third-order valence-electron chi connectivity index (χ3n) is 5.10. The fraction of sp³-hybridized carbons (Fsp3) is 0.364. The van der Waals surface area contributed by atoms with Gasteiger partial charge in [-0.15, -0.1) is 0 Å². The van der Waals surface area contributed by atoms with Crippen molar-refractivity contribution in [1.29, 1.82) is 0 Å². The first-order valence-electron chi connectivity index (χ1n) is 9.33. The Morgan fingerprint density at radius 3 is 2.50 bits per heavy atom. The zero-order chi connectivity index (χ0) is 20.1. The Kier molecular flexibility index (Phi) is 6.73. The largest absolute Gasteiger partial charge is 0.497 e. The van der Waals surface area contributed by atoms with E-state index in [1.807, 2.05) is 35.2 Å². The molecular formula is C22H24BrNO4. The van der Waals surface area contributed by atoms with Crippen molar-refractivity contribution in [1.82, 2.24) is 4.90 Å². The third kappa shape index (κ3) is 4.55. The van der Waals surface area contributed by atoms with E-state index in [4.69, 9.17) is 9.47 Å². The lowest BCUT2D eigenvalue weighted by atomic mass is 10.0. The van der Waals surface area contributed by atoms with Crippen LogP contribution in [0.3, 0.4) is 0 Å². The van der Waals surface area contributed by atoms with Crippen molar-refractivity contribution in [3.63, 3.8) is 0 Å². The summed E-state index contributed by atoms with van der Waals surface area (Å²) in [5.74, 6) is 1.43. The Bertz CT molecular complexity index is 850. The Morgan fingerprint density at radius 2 is 1.82 bits per heavy atom. The SMILES string of the molecule is COc1ccc([C@@H]2CCCN2C(=O)CCC(=O)c2ccc(Br)cc2)c(OC)c1. The highest BCUT2D eigenvalue weighted by molar-refractivity contribution is 9.10. The Balaban J connectivity index is 1.68. The molecule has 1 fully saturated rings. The molecule has 0 unspecified atom stereocenters. The molecule has 0 aliphatic carbocycles. The molecule has 0 N–H and O–H groups in total. The van der Waals surface area contributed by atoms with Crippen molar-refractivity contribution < 1.29 is 19.1 Å². The maximum atomic E-state index is 12.8. The van der Waals surface area contributed by atoms with E-state index in [9.17, 15) is 9.59 Å². The first kappa shape index (κ1) is 20.4. The van der Waals surface area contributed by atoms with E-state index in [0.29, 0.717) is 12.1 Å². The normalized spacial score (nSPS) is 16.1. The van der Waals surface area contributed by atoms with Crippen molar-refractivity contribution >= 4 is 27.6 Å². The molecule has 1 heterocycles. The smallest absolute Gasteiger partial charge is 0.223 e. The number of hydrogen-bond acceptors (Lipinski definition) is 4. The quantitative estimate of drug-likeness (QED) is 0.574. The third-order valence-corrected chi connectivity index (χ3v) is 5.63. The average Bonchev–Trinajstić information content (AvgIpc) is 3.21. The van der Waals surface area contributed by atoms with Crippen molar-refractivity contribution in [2.75, 3.05) is 20.8 Å². The van der Waals surface area contributed by atoms with E-state index in [1.54, 1.807) is 26.4 Å². The van der Waals surface area contributed by atoms with Gasteiger partial charge in [0.2, 0.25) is 5.91 Å². The first-order chi connectivity index (χ1) is 13.5. The van der Waals surface area contributed by atoms with Crippen molar-refractivity contribution in [3.05, 3.63) is 58.1 Å².